The van der Waals surface area contributed by atoms with E-state index < -0.39 is 30.3 Å². The normalized spacial score (nSPS) is 33.1. The maximum atomic E-state index is 12.3. The molecule has 0 unspecified atom stereocenters. The minimum absolute atomic E-state index is 0.0524. The van der Waals surface area contributed by atoms with Gasteiger partial charge in [0.1, 0.15) is 0 Å². The Morgan fingerprint density at radius 3 is 2.50 bits per heavy atom. The fourth-order valence-corrected chi connectivity index (χ4v) is 1.56. The zero-order valence-electron chi connectivity index (χ0n) is 7.80. The number of alkyl halides is 3. The van der Waals surface area contributed by atoms with Crippen molar-refractivity contribution in [3.8, 4) is 0 Å². The van der Waals surface area contributed by atoms with Crippen LogP contribution in [0.5, 0.6) is 0 Å². The molecule has 3 atom stereocenters. The largest absolute Gasteiger partial charge is 0.469 e. The van der Waals surface area contributed by atoms with Crippen molar-refractivity contribution in [2.75, 3.05) is 7.11 Å². The molecule has 0 aliphatic carbocycles. The fourth-order valence-electron chi connectivity index (χ4n) is 1.56. The first-order chi connectivity index (χ1) is 6.36. The first kappa shape index (κ1) is 11.3. The van der Waals surface area contributed by atoms with Gasteiger partial charge in [-0.2, -0.15) is 13.2 Å². The lowest BCUT2D eigenvalue weighted by Gasteiger charge is -2.19. The number of hydrogen-bond donors (Lipinski definition) is 0. The van der Waals surface area contributed by atoms with Crippen LogP contribution in [0.15, 0.2) is 0 Å². The Morgan fingerprint density at radius 2 is 2.07 bits per heavy atom. The molecule has 14 heavy (non-hydrogen) atoms. The van der Waals surface area contributed by atoms with Crippen molar-refractivity contribution in [2.24, 2.45) is 5.92 Å². The van der Waals surface area contributed by atoms with E-state index >= 15 is 0 Å². The minimum Gasteiger partial charge on any atom is -0.469 e. The standard InChI is InChI=1S/C8H11F3O3/c1-4-3-5(7(12)13-2)6(14-4)8(9,10)11/h4-6H,3H2,1-2H3/t4-,5+,6+/m0/s1. The minimum atomic E-state index is -4.51. The van der Waals surface area contributed by atoms with E-state index in [1.54, 1.807) is 0 Å². The number of rotatable bonds is 1. The number of carbonyl (C=O) groups is 1. The average Bonchev–Trinajstić information content (AvgIpc) is 2.45. The van der Waals surface area contributed by atoms with E-state index in [-0.39, 0.29) is 6.42 Å². The number of methoxy groups -OCH3 is 1. The Balaban J connectivity index is 2.78. The molecule has 0 N–H and O–H groups in total. The Kier molecular flexibility index (Phi) is 3.04. The van der Waals surface area contributed by atoms with Gasteiger partial charge in [-0.3, -0.25) is 4.79 Å². The molecule has 6 heteroatoms. The van der Waals surface area contributed by atoms with Crippen molar-refractivity contribution < 1.29 is 27.4 Å². The van der Waals surface area contributed by atoms with E-state index in [0.717, 1.165) is 7.11 Å². The zero-order valence-corrected chi connectivity index (χ0v) is 7.80. The maximum absolute atomic E-state index is 12.3. The summed E-state index contributed by atoms with van der Waals surface area (Å²) in [5, 5.41) is 0. The highest BCUT2D eigenvalue weighted by atomic mass is 19.4. The van der Waals surface area contributed by atoms with Crippen LogP contribution in [0.3, 0.4) is 0 Å². The van der Waals surface area contributed by atoms with Gasteiger partial charge in [-0.05, 0) is 13.3 Å². The van der Waals surface area contributed by atoms with Crippen molar-refractivity contribution in [2.45, 2.75) is 31.7 Å². The number of esters is 1. The summed E-state index contributed by atoms with van der Waals surface area (Å²) in [6, 6.07) is 0. The van der Waals surface area contributed by atoms with Crippen LogP contribution < -0.4 is 0 Å². The van der Waals surface area contributed by atoms with Crippen molar-refractivity contribution in [3.63, 3.8) is 0 Å². The van der Waals surface area contributed by atoms with Crippen molar-refractivity contribution in [1.82, 2.24) is 0 Å². The molecule has 0 saturated carbocycles. The molecule has 1 aliphatic heterocycles. The fraction of sp³-hybridized carbons (Fsp3) is 0.875. The van der Waals surface area contributed by atoms with Gasteiger partial charge in [0, 0.05) is 0 Å². The summed E-state index contributed by atoms with van der Waals surface area (Å²) in [5.41, 5.74) is 0. The molecular formula is C8H11F3O3. The third kappa shape index (κ3) is 2.17. The van der Waals surface area contributed by atoms with Crippen LogP contribution in [0.2, 0.25) is 0 Å². The number of ether oxygens (including phenoxy) is 2. The Labute approximate surface area is 79.2 Å². The monoisotopic (exact) mass is 212 g/mol. The molecule has 1 rings (SSSR count). The SMILES string of the molecule is COC(=O)[C@@H]1C[C@H](C)O[C@H]1C(F)(F)F. The molecule has 1 heterocycles. The van der Waals surface area contributed by atoms with Crippen molar-refractivity contribution >= 4 is 5.97 Å². The number of hydrogen-bond acceptors (Lipinski definition) is 3. The Bertz CT molecular complexity index is 226. The first-order valence-electron chi connectivity index (χ1n) is 4.16. The summed E-state index contributed by atoms with van der Waals surface area (Å²) in [4.78, 5) is 11.0. The van der Waals surface area contributed by atoms with Gasteiger partial charge in [0.05, 0.1) is 19.1 Å². The number of carbonyl (C=O) groups excluding carboxylic acids is 1. The molecule has 0 aromatic carbocycles. The molecule has 1 aliphatic rings. The van der Waals surface area contributed by atoms with Crippen LogP contribution in [-0.4, -0.2) is 31.5 Å². The number of halogens is 3. The molecule has 0 spiro atoms. The van der Waals surface area contributed by atoms with Gasteiger partial charge in [0.25, 0.3) is 0 Å². The summed E-state index contributed by atoms with van der Waals surface area (Å²) in [5.74, 6) is -2.09. The summed E-state index contributed by atoms with van der Waals surface area (Å²) < 4.78 is 46.0. The average molecular weight is 212 g/mol. The van der Waals surface area contributed by atoms with E-state index in [9.17, 15) is 18.0 Å². The highest BCUT2D eigenvalue weighted by Crippen LogP contribution is 2.37. The van der Waals surface area contributed by atoms with Crippen molar-refractivity contribution in [1.29, 1.82) is 0 Å². The second kappa shape index (κ2) is 3.76. The first-order valence-corrected chi connectivity index (χ1v) is 4.16. The van der Waals surface area contributed by atoms with E-state index in [0.29, 0.717) is 0 Å². The van der Waals surface area contributed by atoms with Gasteiger partial charge in [0.15, 0.2) is 6.10 Å². The molecule has 0 bridgehead atoms. The second-order valence-electron chi connectivity index (χ2n) is 3.27. The van der Waals surface area contributed by atoms with Crippen molar-refractivity contribution in [3.05, 3.63) is 0 Å². The Hall–Kier alpha value is -0.780. The molecule has 0 radical (unpaired) electrons. The molecule has 1 fully saturated rings. The summed E-state index contributed by atoms with van der Waals surface area (Å²) >= 11 is 0. The van der Waals surface area contributed by atoms with Gasteiger partial charge in [-0.1, -0.05) is 0 Å². The topological polar surface area (TPSA) is 35.5 Å². The molecule has 1 saturated heterocycles. The molecule has 0 amide bonds. The molecule has 0 aromatic heterocycles. The lowest BCUT2D eigenvalue weighted by Crippen LogP contribution is -2.38. The Morgan fingerprint density at radius 1 is 1.50 bits per heavy atom. The van der Waals surface area contributed by atoms with E-state index in [2.05, 4.69) is 9.47 Å². The lowest BCUT2D eigenvalue weighted by molar-refractivity contribution is -0.225. The van der Waals surface area contributed by atoms with Gasteiger partial charge in [0.2, 0.25) is 0 Å². The van der Waals surface area contributed by atoms with Crippen LogP contribution in [0.25, 0.3) is 0 Å². The highest BCUT2D eigenvalue weighted by Gasteiger charge is 2.53. The van der Waals surface area contributed by atoms with Crippen LogP contribution in [0.1, 0.15) is 13.3 Å². The van der Waals surface area contributed by atoms with Gasteiger partial charge in [-0.25, -0.2) is 0 Å². The predicted octanol–water partition coefficient (Wildman–Crippen LogP) is 1.52. The maximum Gasteiger partial charge on any atom is 0.415 e. The highest BCUT2D eigenvalue weighted by molar-refractivity contribution is 5.73. The molecule has 82 valence electrons. The van der Waals surface area contributed by atoms with Gasteiger partial charge >= 0.3 is 12.1 Å². The third-order valence-electron chi connectivity index (χ3n) is 2.16. The zero-order chi connectivity index (χ0) is 10.9. The lowest BCUT2D eigenvalue weighted by atomic mass is 9.99. The molecule has 3 nitrogen and oxygen atoms in total. The van der Waals surface area contributed by atoms with Gasteiger partial charge < -0.3 is 9.47 Å². The predicted molar refractivity (Wildman–Crippen MR) is 40.5 cm³/mol. The van der Waals surface area contributed by atoms with E-state index in [4.69, 9.17) is 0 Å². The van der Waals surface area contributed by atoms with Crippen LogP contribution >= 0.6 is 0 Å². The van der Waals surface area contributed by atoms with Crippen LogP contribution in [0.4, 0.5) is 13.2 Å². The van der Waals surface area contributed by atoms with Gasteiger partial charge in [-0.15, -0.1) is 0 Å². The smallest absolute Gasteiger partial charge is 0.415 e. The van der Waals surface area contributed by atoms with Crippen LogP contribution in [0, 0.1) is 5.92 Å². The van der Waals surface area contributed by atoms with E-state index in [1.807, 2.05) is 0 Å². The van der Waals surface area contributed by atoms with E-state index in [1.165, 1.54) is 6.92 Å². The molecule has 0 aromatic rings. The third-order valence-corrected chi connectivity index (χ3v) is 2.16. The van der Waals surface area contributed by atoms with Crippen LogP contribution in [-0.2, 0) is 14.3 Å². The quantitative estimate of drug-likeness (QED) is 0.618. The second-order valence-corrected chi connectivity index (χ2v) is 3.27. The summed E-state index contributed by atoms with van der Waals surface area (Å²) in [6.45, 7) is 1.50. The summed E-state index contributed by atoms with van der Waals surface area (Å²) in [6.07, 6.45) is -7.05. The molecular weight excluding hydrogens is 201 g/mol. The summed E-state index contributed by atoms with van der Waals surface area (Å²) in [7, 11) is 1.07.